The standard InChI is InChI=1S/C14H24N2O/c1-13(2,10-3-4-10)16-12(17)11-9-14(11)5-7-15-8-6-14/h10-11,15H,3-9H2,1-2H3,(H,16,17). The van der Waals surface area contributed by atoms with E-state index in [0.717, 1.165) is 19.5 Å². The van der Waals surface area contributed by atoms with E-state index in [1.165, 1.54) is 25.7 Å². The van der Waals surface area contributed by atoms with Crippen LogP contribution >= 0.6 is 0 Å². The summed E-state index contributed by atoms with van der Waals surface area (Å²) >= 11 is 0. The van der Waals surface area contributed by atoms with Crippen LogP contribution in [0.25, 0.3) is 0 Å². The fourth-order valence-electron chi connectivity index (χ4n) is 3.51. The molecule has 3 rings (SSSR count). The van der Waals surface area contributed by atoms with Crippen LogP contribution in [0.4, 0.5) is 0 Å². The van der Waals surface area contributed by atoms with E-state index in [4.69, 9.17) is 0 Å². The van der Waals surface area contributed by atoms with Gasteiger partial charge in [0, 0.05) is 11.5 Å². The van der Waals surface area contributed by atoms with E-state index in [2.05, 4.69) is 24.5 Å². The minimum atomic E-state index is 0.0216. The lowest BCUT2D eigenvalue weighted by molar-refractivity contribution is -0.125. The average Bonchev–Trinajstić information content (AvgIpc) is 3.12. The first-order chi connectivity index (χ1) is 8.04. The molecule has 2 N–H and O–H groups in total. The lowest BCUT2D eigenvalue weighted by Gasteiger charge is -2.28. The first-order valence-electron chi connectivity index (χ1n) is 7.06. The third-order valence-electron chi connectivity index (χ3n) is 5.15. The molecule has 3 nitrogen and oxygen atoms in total. The molecule has 1 aliphatic heterocycles. The topological polar surface area (TPSA) is 41.1 Å². The van der Waals surface area contributed by atoms with E-state index in [1.54, 1.807) is 0 Å². The molecule has 3 aliphatic rings. The average molecular weight is 236 g/mol. The van der Waals surface area contributed by atoms with Crippen LogP contribution in [0.15, 0.2) is 0 Å². The number of nitrogens with one attached hydrogen (secondary N) is 2. The summed E-state index contributed by atoms with van der Waals surface area (Å²) in [4.78, 5) is 12.3. The van der Waals surface area contributed by atoms with E-state index < -0.39 is 0 Å². The van der Waals surface area contributed by atoms with Gasteiger partial charge in [-0.25, -0.2) is 0 Å². The van der Waals surface area contributed by atoms with Crippen molar-refractivity contribution in [2.24, 2.45) is 17.3 Å². The van der Waals surface area contributed by atoms with Crippen molar-refractivity contribution in [3.05, 3.63) is 0 Å². The van der Waals surface area contributed by atoms with E-state index >= 15 is 0 Å². The van der Waals surface area contributed by atoms with E-state index in [0.29, 0.717) is 23.2 Å². The van der Waals surface area contributed by atoms with Gasteiger partial charge in [0.05, 0.1) is 0 Å². The molecule has 1 unspecified atom stereocenters. The third kappa shape index (κ3) is 2.10. The molecule has 0 aromatic heterocycles. The highest BCUT2D eigenvalue weighted by molar-refractivity contribution is 5.83. The Balaban J connectivity index is 1.57. The van der Waals surface area contributed by atoms with E-state index in [-0.39, 0.29) is 5.54 Å². The maximum absolute atomic E-state index is 12.3. The zero-order valence-corrected chi connectivity index (χ0v) is 11.0. The van der Waals surface area contributed by atoms with Crippen LogP contribution in [0.5, 0.6) is 0 Å². The summed E-state index contributed by atoms with van der Waals surface area (Å²) in [6.07, 6.45) is 6.07. The molecule has 1 amide bonds. The molecule has 1 spiro atoms. The van der Waals surface area contributed by atoms with Crippen LogP contribution in [0, 0.1) is 17.3 Å². The second-order valence-corrected chi connectivity index (χ2v) is 6.85. The van der Waals surface area contributed by atoms with E-state index in [9.17, 15) is 4.79 Å². The van der Waals surface area contributed by atoms with Gasteiger partial charge in [0.2, 0.25) is 5.91 Å². The minimum absolute atomic E-state index is 0.0216. The number of hydrogen-bond acceptors (Lipinski definition) is 2. The molecule has 0 aromatic rings. The van der Waals surface area contributed by atoms with Gasteiger partial charge in [-0.15, -0.1) is 0 Å². The van der Waals surface area contributed by atoms with Crippen LogP contribution in [0.1, 0.15) is 46.0 Å². The van der Waals surface area contributed by atoms with Crippen molar-refractivity contribution in [2.75, 3.05) is 13.1 Å². The van der Waals surface area contributed by atoms with Gasteiger partial charge in [0.15, 0.2) is 0 Å². The van der Waals surface area contributed by atoms with Crippen molar-refractivity contribution in [1.29, 1.82) is 0 Å². The second-order valence-electron chi connectivity index (χ2n) is 6.85. The van der Waals surface area contributed by atoms with Crippen molar-refractivity contribution in [1.82, 2.24) is 10.6 Å². The molecule has 2 saturated carbocycles. The van der Waals surface area contributed by atoms with Crippen molar-refractivity contribution in [2.45, 2.75) is 51.5 Å². The Morgan fingerprint density at radius 1 is 1.29 bits per heavy atom. The minimum Gasteiger partial charge on any atom is -0.351 e. The summed E-state index contributed by atoms with van der Waals surface area (Å²) in [5.74, 6) is 1.35. The number of carbonyl (C=O) groups excluding carboxylic acids is 1. The number of hydrogen-bond donors (Lipinski definition) is 2. The third-order valence-corrected chi connectivity index (χ3v) is 5.15. The van der Waals surface area contributed by atoms with Gasteiger partial charge in [-0.3, -0.25) is 4.79 Å². The van der Waals surface area contributed by atoms with Gasteiger partial charge in [-0.05, 0) is 70.4 Å². The van der Waals surface area contributed by atoms with Gasteiger partial charge in [-0.2, -0.15) is 0 Å². The molecule has 1 heterocycles. The molecule has 3 fully saturated rings. The van der Waals surface area contributed by atoms with Crippen LogP contribution in [0.3, 0.4) is 0 Å². The highest BCUT2D eigenvalue weighted by atomic mass is 16.2. The Hall–Kier alpha value is -0.570. The largest absolute Gasteiger partial charge is 0.351 e. The highest BCUT2D eigenvalue weighted by Gasteiger charge is 2.58. The summed E-state index contributed by atoms with van der Waals surface area (Å²) in [6.45, 7) is 6.55. The smallest absolute Gasteiger partial charge is 0.224 e. The van der Waals surface area contributed by atoms with Gasteiger partial charge >= 0.3 is 0 Å². The molecule has 3 heteroatoms. The van der Waals surface area contributed by atoms with Crippen molar-refractivity contribution in [3.63, 3.8) is 0 Å². The number of amides is 1. The summed E-state index contributed by atoms with van der Waals surface area (Å²) in [6, 6.07) is 0. The number of rotatable bonds is 3. The molecule has 0 bridgehead atoms. The summed E-state index contributed by atoms with van der Waals surface area (Å²) < 4.78 is 0. The Bertz CT molecular complexity index is 327. The fraction of sp³-hybridized carbons (Fsp3) is 0.929. The molecular formula is C14H24N2O. The highest BCUT2D eigenvalue weighted by Crippen LogP contribution is 2.58. The molecule has 1 saturated heterocycles. The summed E-state index contributed by atoms with van der Waals surface area (Å²) in [5.41, 5.74) is 0.392. The lowest BCUT2D eigenvalue weighted by Crippen LogP contribution is -2.46. The first kappa shape index (κ1) is 11.5. The predicted molar refractivity (Wildman–Crippen MR) is 67.6 cm³/mol. The number of piperidine rings is 1. The monoisotopic (exact) mass is 236 g/mol. The van der Waals surface area contributed by atoms with Gasteiger partial charge in [-0.1, -0.05) is 0 Å². The molecule has 0 radical (unpaired) electrons. The lowest BCUT2D eigenvalue weighted by atomic mass is 9.91. The quantitative estimate of drug-likeness (QED) is 0.783. The zero-order valence-electron chi connectivity index (χ0n) is 11.0. The maximum atomic E-state index is 12.3. The van der Waals surface area contributed by atoms with Gasteiger partial charge in [0.25, 0.3) is 0 Å². The Kier molecular flexibility index (Phi) is 2.51. The maximum Gasteiger partial charge on any atom is 0.224 e. The van der Waals surface area contributed by atoms with Crippen LogP contribution in [0.2, 0.25) is 0 Å². The van der Waals surface area contributed by atoms with Crippen LogP contribution < -0.4 is 10.6 Å². The molecule has 1 atom stereocenters. The first-order valence-corrected chi connectivity index (χ1v) is 7.06. The van der Waals surface area contributed by atoms with Crippen molar-refractivity contribution in [3.8, 4) is 0 Å². The molecular weight excluding hydrogens is 212 g/mol. The van der Waals surface area contributed by atoms with Gasteiger partial charge in [0.1, 0.15) is 0 Å². The molecule has 96 valence electrons. The van der Waals surface area contributed by atoms with Crippen LogP contribution in [-0.4, -0.2) is 24.5 Å². The molecule has 17 heavy (non-hydrogen) atoms. The van der Waals surface area contributed by atoms with Crippen molar-refractivity contribution < 1.29 is 4.79 Å². The van der Waals surface area contributed by atoms with Gasteiger partial charge < -0.3 is 10.6 Å². The SMILES string of the molecule is CC(C)(NC(=O)C1CC12CCNCC2)C1CC1. The fourth-order valence-corrected chi connectivity index (χ4v) is 3.51. The van der Waals surface area contributed by atoms with Crippen LogP contribution in [-0.2, 0) is 4.79 Å². The predicted octanol–water partition coefficient (Wildman–Crippen LogP) is 1.68. The van der Waals surface area contributed by atoms with Crippen molar-refractivity contribution >= 4 is 5.91 Å². The second kappa shape index (κ2) is 3.71. The molecule has 0 aromatic carbocycles. The normalized spacial score (nSPS) is 31.3. The van der Waals surface area contributed by atoms with E-state index in [1.807, 2.05) is 0 Å². The zero-order chi connectivity index (χ0) is 12.1. The molecule has 2 aliphatic carbocycles. The number of carbonyl (C=O) groups is 1. The Morgan fingerprint density at radius 3 is 2.53 bits per heavy atom. The Labute approximate surface area is 104 Å². The summed E-state index contributed by atoms with van der Waals surface area (Å²) in [5, 5.41) is 6.68. The Morgan fingerprint density at radius 2 is 1.94 bits per heavy atom. The summed E-state index contributed by atoms with van der Waals surface area (Å²) in [7, 11) is 0.